The summed E-state index contributed by atoms with van der Waals surface area (Å²) in [6, 6.07) is 8.63. The maximum atomic E-state index is 11.4. The topological polar surface area (TPSA) is 59.7 Å². The molecule has 1 aromatic carbocycles. The molecular weight excluding hydrogens is 252 g/mol. The highest BCUT2D eigenvalue weighted by Crippen LogP contribution is 2.26. The van der Waals surface area contributed by atoms with Gasteiger partial charge in [0, 0.05) is 16.2 Å². The fourth-order valence-corrected chi connectivity index (χ4v) is 2.30. The van der Waals surface area contributed by atoms with Crippen molar-refractivity contribution in [2.24, 2.45) is 0 Å². The molecular formula is C13H12O4S. The van der Waals surface area contributed by atoms with Gasteiger partial charge in [0.1, 0.15) is 5.75 Å². The largest absolute Gasteiger partial charge is 0.508 e. The first-order chi connectivity index (χ1) is 8.70. The Bertz CT molecular complexity index is 530. The van der Waals surface area contributed by atoms with Gasteiger partial charge >= 0.3 is 5.97 Å². The molecule has 0 aliphatic rings. The molecule has 5 heteroatoms. The fraction of sp³-hybridized carbons (Fsp3) is 0.154. The maximum Gasteiger partial charge on any atom is 0.374 e. The Morgan fingerprint density at radius 2 is 2.06 bits per heavy atom. The second-order valence-corrected chi connectivity index (χ2v) is 4.60. The van der Waals surface area contributed by atoms with Crippen molar-refractivity contribution in [3.05, 3.63) is 47.9 Å². The van der Waals surface area contributed by atoms with Gasteiger partial charge in [0.15, 0.2) is 0 Å². The number of benzene rings is 1. The summed E-state index contributed by atoms with van der Waals surface area (Å²) in [5.41, 5.74) is 0.792. The highest BCUT2D eigenvalue weighted by atomic mass is 32.2. The van der Waals surface area contributed by atoms with Crippen molar-refractivity contribution in [3.63, 3.8) is 0 Å². The normalized spacial score (nSPS) is 10.3. The molecule has 1 N–H and O–H groups in total. The molecule has 1 aromatic heterocycles. The first-order valence-corrected chi connectivity index (χ1v) is 6.26. The standard InChI is InChI=1S/C13H12O4S/c1-16-13(15)12-9(6-7-17-12)8-18-11-4-2-10(14)3-5-11/h2-7,14H,8H2,1H3. The number of carbonyl (C=O) groups excluding carboxylic acids is 1. The molecule has 0 radical (unpaired) electrons. The lowest BCUT2D eigenvalue weighted by molar-refractivity contribution is 0.0564. The molecule has 4 nitrogen and oxygen atoms in total. The van der Waals surface area contributed by atoms with Crippen LogP contribution in [0.3, 0.4) is 0 Å². The van der Waals surface area contributed by atoms with Crippen molar-refractivity contribution in [2.45, 2.75) is 10.6 Å². The van der Waals surface area contributed by atoms with E-state index in [1.807, 2.05) is 12.1 Å². The number of methoxy groups -OCH3 is 1. The van der Waals surface area contributed by atoms with Crippen LogP contribution in [0.25, 0.3) is 0 Å². The number of phenolic OH excluding ortho intramolecular Hbond substituents is 1. The lowest BCUT2D eigenvalue weighted by atomic mass is 10.3. The van der Waals surface area contributed by atoms with Gasteiger partial charge < -0.3 is 14.3 Å². The molecule has 0 saturated carbocycles. The first kappa shape index (κ1) is 12.6. The van der Waals surface area contributed by atoms with Crippen LogP contribution in [0.1, 0.15) is 16.1 Å². The summed E-state index contributed by atoms with van der Waals surface area (Å²) in [5, 5.41) is 9.17. The van der Waals surface area contributed by atoms with Gasteiger partial charge in [-0.1, -0.05) is 0 Å². The van der Waals surface area contributed by atoms with Crippen molar-refractivity contribution >= 4 is 17.7 Å². The molecule has 2 rings (SSSR count). The third kappa shape index (κ3) is 2.87. The fourth-order valence-electron chi connectivity index (χ4n) is 1.42. The predicted octanol–water partition coefficient (Wildman–Crippen LogP) is 3.06. The Hall–Kier alpha value is -1.88. The van der Waals surface area contributed by atoms with Crippen LogP contribution in [-0.4, -0.2) is 18.2 Å². The van der Waals surface area contributed by atoms with E-state index in [0.29, 0.717) is 5.75 Å². The minimum absolute atomic E-state index is 0.234. The molecule has 0 saturated heterocycles. The van der Waals surface area contributed by atoms with Gasteiger partial charge in [-0.3, -0.25) is 0 Å². The summed E-state index contributed by atoms with van der Waals surface area (Å²) < 4.78 is 9.73. The zero-order valence-electron chi connectivity index (χ0n) is 9.75. The Labute approximate surface area is 109 Å². The summed E-state index contributed by atoms with van der Waals surface area (Å²) in [6.07, 6.45) is 1.47. The molecule has 0 amide bonds. The van der Waals surface area contributed by atoms with Crippen LogP contribution >= 0.6 is 11.8 Å². The third-order valence-corrected chi connectivity index (χ3v) is 3.41. The number of thioether (sulfide) groups is 1. The van der Waals surface area contributed by atoms with Crippen molar-refractivity contribution in [3.8, 4) is 5.75 Å². The van der Waals surface area contributed by atoms with E-state index in [-0.39, 0.29) is 11.5 Å². The zero-order valence-corrected chi connectivity index (χ0v) is 10.6. The highest BCUT2D eigenvalue weighted by Gasteiger charge is 2.15. The summed E-state index contributed by atoms with van der Waals surface area (Å²) >= 11 is 1.55. The van der Waals surface area contributed by atoms with Crippen LogP contribution < -0.4 is 0 Å². The summed E-state index contributed by atoms with van der Waals surface area (Å²) in [6.45, 7) is 0. The van der Waals surface area contributed by atoms with Gasteiger partial charge in [-0.25, -0.2) is 4.79 Å². The summed E-state index contributed by atoms with van der Waals surface area (Å²) in [5.74, 6) is 0.606. The van der Waals surface area contributed by atoms with E-state index in [1.54, 1.807) is 30.0 Å². The SMILES string of the molecule is COC(=O)c1occc1CSc1ccc(O)cc1. The minimum atomic E-state index is -0.471. The van der Waals surface area contributed by atoms with E-state index in [4.69, 9.17) is 4.42 Å². The Morgan fingerprint density at radius 3 is 2.72 bits per heavy atom. The van der Waals surface area contributed by atoms with Crippen LogP contribution in [0.2, 0.25) is 0 Å². The van der Waals surface area contributed by atoms with Crippen LogP contribution in [-0.2, 0) is 10.5 Å². The van der Waals surface area contributed by atoms with E-state index in [2.05, 4.69) is 4.74 Å². The number of furan rings is 1. The molecule has 0 fully saturated rings. The number of hydrogen-bond acceptors (Lipinski definition) is 5. The third-order valence-electron chi connectivity index (χ3n) is 2.35. The van der Waals surface area contributed by atoms with Crippen LogP contribution in [0, 0.1) is 0 Å². The number of carbonyl (C=O) groups is 1. The average Bonchev–Trinajstić information content (AvgIpc) is 2.85. The first-order valence-electron chi connectivity index (χ1n) is 5.27. The smallest absolute Gasteiger partial charge is 0.374 e. The van der Waals surface area contributed by atoms with Gasteiger partial charge in [0.2, 0.25) is 5.76 Å². The van der Waals surface area contributed by atoms with Gasteiger partial charge in [-0.05, 0) is 30.3 Å². The lowest BCUT2D eigenvalue weighted by Gasteiger charge is -2.02. The quantitative estimate of drug-likeness (QED) is 0.679. The summed E-state index contributed by atoms with van der Waals surface area (Å²) in [4.78, 5) is 12.4. The molecule has 2 aromatic rings. The zero-order chi connectivity index (χ0) is 13.0. The number of esters is 1. The Kier molecular flexibility index (Phi) is 3.94. The van der Waals surface area contributed by atoms with E-state index >= 15 is 0 Å². The van der Waals surface area contributed by atoms with E-state index in [9.17, 15) is 9.90 Å². The molecule has 0 aliphatic heterocycles. The van der Waals surface area contributed by atoms with Crippen LogP contribution in [0.15, 0.2) is 45.9 Å². The van der Waals surface area contributed by atoms with Gasteiger partial charge in [-0.15, -0.1) is 11.8 Å². The number of ether oxygens (including phenoxy) is 1. The van der Waals surface area contributed by atoms with Crippen molar-refractivity contribution in [1.82, 2.24) is 0 Å². The Morgan fingerprint density at radius 1 is 1.33 bits per heavy atom. The number of aromatic hydroxyl groups is 1. The molecule has 0 atom stereocenters. The number of rotatable bonds is 4. The van der Waals surface area contributed by atoms with Crippen LogP contribution in [0.5, 0.6) is 5.75 Å². The Balaban J connectivity index is 2.04. The van der Waals surface area contributed by atoms with E-state index in [0.717, 1.165) is 10.5 Å². The molecule has 0 unspecified atom stereocenters. The van der Waals surface area contributed by atoms with Gasteiger partial charge in [0.05, 0.1) is 13.4 Å². The molecule has 0 aliphatic carbocycles. The van der Waals surface area contributed by atoms with E-state index < -0.39 is 5.97 Å². The van der Waals surface area contributed by atoms with Gasteiger partial charge in [-0.2, -0.15) is 0 Å². The molecule has 18 heavy (non-hydrogen) atoms. The van der Waals surface area contributed by atoms with Crippen molar-refractivity contribution in [1.29, 1.82) is 0 Å². The van der Waals surface area contributed by atoms with Crippen LogP contribution in [0.4, 0.5) is 0 Å². The summed E-state index contributed by atoms with van der Waals surface area (Å²) in [7, 11) is 1.32. The molecule has 0 spiro atoms. The lowest BCUT2D eigenvalue weighted by Crippen LogP contribution is -2.02. The van der Waals surface area contributed by atoms with Crippen molar-refractivity contribution in [2.75, 3.05) is 7.11 Å². The monoisotopic (exact) mass is 264 g/mol. The average molecular weight is 264 g/mol. The van der Waals surface area contributed by atoms with E-state index in [1.165, 1.54) is 13.4 Å². The van der Waals surface area contributed by atoms with Gasteiger partial charge in [0.25, 0.3) is 0 Å². The number of phenols is 1. The molecule has 0 bridgehead atoms. The predicted molar refractivity (Wildman–Crippen MR) is 67.7 cm³/mol. The number of hydrogen-bond donors (Lipinski definition) is 1. The molecule has 1 heterocycles. The maximum absolute atomic E-state index is 11.4. The minimum Gasteiger partial charge on any atom is -0.508 e. The second-order valence-electron chi connectivity index (χ2n) is 3.55. The highest BCUT2D eigenvalue weighted by molar-refractivity contribution is 7.98. The second kappa shape index (κ2) is 5.64. The molecule has 94 valence electrons. The van der Waals surface area contributed by atoms with Crippen molar-refractivity contribution < 1.29 is 19.1 Å².